The van der Waals surface area contributed by atoms with E-state index in [1.807, 2.05) is 41.1 Å². The number of aromatic amines is 1. The fraction of sp³-hybridized carbons (Fsp3) is 0.200. The van der Waals surface area contributed by atoms with Crippen molar-refractivity contribution in [1.29, 1.82) is 0 Å². The van der Waals surface area contributed by atoms with Crippen LogP contribution in [0.4, 0.5) is 0 Å². The molecule has 132 valence electrons. The van der Waals surface area contributed by atoms with E-state index in [1.54, 1.807) is 11.3 Å². The first-order valence-electron chi connectivity index (χ1n) is 8.58. The van der Waals surface area contributed by atoms with E-state index in [0.717, 1.165) is 21.1 Å². The molecule has 0 spiro atoms. The lowest BCUT2D eigenvalue weighted by Crippen LogP contribution is -2.85. The number of aromatic nitrogens is 2. The summed E-state index contributed by atoms with van der Waals surface area (Å²) in [5, 5.41) is 6.98. The second-order valence-electron chi connectivity index (χ2n) is 6.44. The normalized spacial score (nSPS) is 13.8. The number of benzene rings is 1. The van der Waals surface area contributed by atoms with Gasteiger partial charge in [-0.1, -0.05) is 36.4 Å². The van der Waals surface area contributed by atoms with Gasteiger partial charge in [-0.05, 0) is 25.3 Å². The third-order valence-corrected chi connectivity index (χ3v) is 6.36. The van der Waals surface area contributed by atoms with Crippen molar-refractivity contribution in [1.82, 2.24) is 9.97 Å². The second kappa shape index (κ2) is 7.15. The Hall–Kier alpha value is -2.28. The zero-order chi connectivity index (χ0) is 18.1. The smallest absolute Gasteiger partial charge is 0.260 e. The van der Waals surface area contributed by atoms with Crippen LogP contribution < -0.4 is 10.9 Å². The van der Waals surface area contributed by atoms with Crippen molar-refractivity contribution in [3.63, 3.8) is 0 Å². The van der Waals surface area contributed by atoms with Gasteiger partial charge in [0.1, 0.15) is 16.9 Å². The zero-order valence-corrected chi connectivity index (χ0v) is 16.2. The van der Waals surface area contributed by atoms with Crippen molar-refractivity contribution in [2.45, 2.75) is 25.9 Å². The Morgan fingerprint density at radius 3 is 2.58 bits per heavy atom. The van der Waals surface area contributed by atoms with Gasteiger partial charge in [-0.3, -0.25) is 4.79 Å². The van der Waals surface area contributed by atoms with Crippen molar-refractivity contribution in [3.8, 4) is 10.4 Å². The van der Waals surface area contributed by atoms with Crippen LogP contribution in [0.3, 0.4) is 0 Å². The standard InChI is InChI=1S/C20H19N3OS2/c1-12(14-7-4-3-5-8-14)21-13(2)18-22-19(24)17-15(11-26-20(17)23-18)16-9-6-10-25-16/h3-13,21H,1-2H3,(H,22,23,24)/p+1/t12-,13+/m1/s1. The predicted octanol–water partition coefficient (Wildman–Crippen LogP) is 4.10. The maximum atomic E-state index is 12.7. The van der Waals surface area contributed by atoms with Crippen LogP contribution in [-0.4, -0.2) is 9.97 Å². The molecule has 0 aliphatic heterocycles. The lowest BCUT2D eigenvalue weighted by atomic mass is 10.1. The van der Waals surface area contributed by atoms with E-state index in [-0.39, 0.29) is 17.6 Å². The molecule has 2 atom stereocenters. The number of rotatable bonds is 5. The van der Waals surface area contributed by atoms with Crippen LogP contribution in [0.15, 0.2) is 58.0 Å². The number of fused-ring (bicyclic) bond motifs is 1. The summed E-state index contributed by atoms with van der Waals surface area (Å²) in [7, 11) is 0. The van der Waals surface area contributed by atoms with Crippen molar-refractivity contribution >= 4 is 32.9 Å². The molecular weight excluding hydrogens is 362 g/mol. The van der Waals surface area contributed by atoms with Gasteiger partial charge in [0.15, 0.2) is 5.82 Å². The molecule has 26 heavy (non-hydrogen) atoms. The number of H-pyrrole nitrogens is 1. The van der Waals surface area contributed by atoms with Crippen LogP contribution in [0, 0.1) is 0 Å². The molecule has 3 heterocycles. The van der Waals surface area contributed by atoms with Gasteiger partial charge in [-0.2, -0.15) is 0 Å². The summed E-state index contributed by atoms with van der Waals surface area (Å²) in [5.74, 6) is 0.727. The molecule has 3 aromatic heterocycles. The largest absolute Gasteiger partial charge is 0.332 e. The minimum atomic E-state index is -0.0535. The van der Waals surface area contributed by atoms with E-state index in [4.69, 9.17) is 4.98 Å². The lowest BCUT2D eigenvalue weighted by Gasteiger charge is -2.16. The molecule has 0 fully saturated rings. The van der Waals surface area contributed by atoms with Crippen LogP contribution >= 0.6 is 22.7 Å². The highest BCUT2D eigenvalue weighted by atomic mass is 32.1. The van der Waals surface area contributed by atoms with Gasteiger partial charge in [-0.25, -0.2) is 4.98 Å². The number of nitrogens with two attached hydrogens (primary N) is 1. The predicted molar refractivity (Wildman–Crippen MR) is 109 cm³/mol. The zero-order valence-electron chi connectivity index (χ0n) is 14.6. The molecule has 0 unspecified atom stereocenters. The number of hydrogen-bond donors (Lipinski definition) is 2. The summed E-state index contributed by atoms with van der Waals surface area (Å²) >= 11 is 3.18. The third kappa shape index (κ3) is 3.23. The highest BCUT2D eigenvalue weighted by Gasteiger charge is 2.20. The third-order valence-electron chi connectivity index (χ3n) is 4.58. The summed E-state index contributed by atoms with van der Waals surface area (Å²) in [6.45, 7) is 4.25. The number of thiophene rings is 2. The number of nitrogens with one attached hydrogen (secondary N) is 1. The Bertz CT molecular complexity index is 1070. The van der Waals surface area contributed by atoms with Crippen molar-refractivity contribution < 1.29 is 5.32 Å². The van der Waals surface area contributed by atoms with Crippen molar-refractivity contribution in [2.24, 2.45) is 0 Å². The summed E-state index contributed by atoms with van der Waals surface area (Å²) in [4.78, 5) is 22.4. The Balaban J connectivity index is 1.64. The fourth-order valence-electron chi connectivity index (χ4n) is 3.19. The molecule has 0 amide bonds. The van der Waals surface area contributed by atoms with Gasteiger partial charge in [0, 0.05) is 21.4 Å². The van der Waals surface area contributed by atoms with Gasteiger partial charge in [-0.15, -0.1) is 22.7 Å². The molecule has 6 heteroatoms. The van der Waals surface area contributed by atoms with Gasteiger partial charge in [0.25, 0.3) is 5.56 Å². The first-order chi connectivity index (χ1) is 12.6. The molecule has 0 saturated heterocycles. The van der Waals surface area contributed by atoms with E-state index < -0.39 is 0 Å². The number of quaternary nitrogens is 1. The highest BCUT2D eigenvalue weighted by Crippen LogP contribution is 2.33. The molecule has 0 radical (unpaired) electrons. The number of hydrogen-bond acceptors (Lipinski definition) is 4. The molecule has 4 rings (SSSR count). The maximum absolute atomic E-state index is 12.7. The Morgan fingerprint density at radius 1 is 1.04 bits per heavy atom. The number of nitrogens with zero attached hydrogens (tertiary/aromatic N) is 1. The minimum Gasteiger partial charge on any atom is -0.332 e. The summed E-state index contributed by atoms with van der Waals surface area (Å²) in [6, 6.07) is 14.8. The first-order valence-corrected chi connectivity index (χ1v) is 10.3. The summed E-state index contributed by atoms with van der Waals surface area (Å²) < 4.78 is 0. The quantitative estimate of drug-likeness (QED) is 0.546. The Kier molecular flexibility index (Phi) is 4.72. The topological polar surface area (TPSA) is 62.4 Å². The SMILES string of the molecule is C[C@H]([NH2+][C@H](C)c1ccccc1)c1nc2scc(-c3cccs3)c2c(=O)[nH]1. The van der Waals surface area contributed by atoms with Gasteiger partial charge in [0.2, 0.25) is 0 Å². The van der Waals surface area contributed by atoms with E-state index in [0.29, 0.717) is 5.39 Å². The van der Waals surface area contributed by atoms with Crippen LogP contribution in [0.5, 0.6) is 0 Å². The van der Waals surface area contributed by atoms with Crippen molar-refractivity contribution in [2.75, 3.05) is 0 Å². The molecule has 0 saturated carbocycles. The molecule has 4 aromatic rings. The maximum Gasteiger partial charge on any atom is 0.260 e. The van der Waals surface area contributed by atoms with Gasteiger partial charge in [0.05, 0.1) is 5.39 Å². The monoisotopic (exact) mass is 382 g/mol. The molecule has 3 N–H and O–H groups in total. The summed E-state index contributed by atoms with van der Waals surface area (Å²) in [5.41, 5.74) is 2.19. The van der Waals surface area contributed by atoms with Crippen molar-refractivity contribution in [3.05, 3.63) is 75.0 Å². The highest BCUT2D eigenvalue weighted by molar-refractivity contribution is 7.18. The second-order valence-corrected chi connectivity index (χ2v) is 8.24. The van der Waals surface area contributed by atoms with Crippen LogP contribution in [0.1, 0.15) is 37.3 Å². The molecule has 1 aromatic carbocycles. The first kappa shape index (κ1) is 17.1. The van der Waals surface area contributed by atoms with E-state index in [1.165, 1.54) is 16.9 Å². The van der Waals surface area contributed by atoms with E-state index in [2.05, 4.69) is 36.3 Å². The van der Waals surface area contributed by atoms with Crippen LogP contribution in [0.25, 0.3) is 20.7 Å². The Morgan fingerprint density at radius 2 is 1.85 bits per heavy atom. The molecule has 0 aliphatic carbocycles. The Labute approximate surface area is 159 Å². The van der Waals surface area contributed by atoms with Gasteiger partial charge >= 0.3 is 0 Å². The molecular formula is C20H20N3OS2+. The average molecular weight is 383 g/mol. The van der Waals surface area contributed by atoms with Gasteiger partial charge < -0.3 is 10.3 Å². The molecule has 0 bridgehead atoms. The van der Waals surface area contributed by atoms with Crippen LogP contribution in [-0.2, 0) is 0 Å². The summed E-state index contributed by atoms with van der Waals surface area (Å²) in [6.07, 6.45) is 0. The molecule has 0 aliphatic rings. The lowest BCUT2D eigenvalue weighted by molar-refractivity contribution is -0.729. The van der Waals surface area contributed by atoms with Crippen LogP contribution in [0.2, 0.25) is 0 Å². The fourth-order valence-corrected chi connectivity index (χ4v) is 4.96. The average Bonchev–Trinajstić information content (AvgIpc) is 3.31. The van der Waals surface area contributed by atoms with E-state index >= 15 is 0 Å². The minimum absolute atomic E-state index is 0.0535. The molecule has 4 nitrogen and oxygen atoms in total. The van der Waals surface area contributed by atoms with E-state index in [9.17, 15) is 4.79 Å².